The lowest BCUT2D eigenvalue weighted by molar-refractivity contribution is -0.116. The predicted molar refractivity (Wildman–Crippen MR) is 87.0 cm³/mol. The Labute approximate surface area is 127 Å². The van der Waals surface area contributed by atoms with Crippen LogP contribution in [0.25, 0.3) is 0 Å². The van der Waals surface area contributed by atoms with Crippen LogP contribution in [0, 0.1) is 6.92 Å². The predicted octanol–water partition coefficient (Wildman–Crippen LogP) is 4.20. The maximum absolute atomic E-state index is 12.2. The van der Waals surface area contributed by atoms with Crippen LogP contribution < -0.4 is 10.6 Å². The van der Waals surface area contributed by atoms with E-state index < -0.39 is 0 Å². The quantitative estimate of drug-likeness (QED) is 0.881. The highest BCUT2D eigenvalue weighted by atomic mass is 79.9. The molecule has 4 heteroatoms. The number of anilines is 2. The number of para-hydroxylation sites is 1. The van der Waals surface area contributed by atoms with Gasteiger partial charge in [0.15, 0.2) is 0 Å². The van der Waals surface area contributed by atoms with E-state index in [0.29, 0.717) is 0 Å². The lowest BCUT2D eigenvalue weighted by Gasteiger charge is -2.16. The Kier molecular flexibility index (Phi) is 4.79. The second-order valence-corrected chi connectivity index (χ2v) is 5.59. The van der Waals surface area contributed by atoms with E-state index in [4.69, 9.17) is 0 Å². The molecule has 0 fully saturated rings. The van der Waals surface area contributed by atoms with E-state index in [2.05, 4.69) is 26.6 Å². The van der Waals surface area contributed by atoms with Gasteiger partial charge in [0.25, 0.3) is 0 Å². The molecule has 1 atom stereocenters. The highest BCUT2D eigenvalue weighted by Crippen LogP contribution is 2.16. The molecule has 0 radical (unpaired) electrons. The van der Waals surface area contributed by atoms with Crippen molar-refractivity contribution < 1.29 is 4.79 Å². The van der Waals surface area contributed by atoms with Gasteiger partial charge in [0.05, 0.1) is 0 Å². The molecular weight excluding hydrogens is 316 g/mol. The van der Waals surface area contributed by atoms with Crippen LogP contribution in [0.2, 0.25) is 0 Å². The van der Waals surface area contributed by atoms with Gasteiger partial charge in [-0.3, -0.25) is 4.79 Å². The molecule has 20 heavy (non-hydrogen) atoms. The third-order valence-corrected chi connectivity index (χ3v) is 3.55. The Morgan fingerprint density at radius 1 is 1.10 bits per heavy atom. The minimum atomic E-state index is -0.309. The largest absolute Gasteiger partial charge is 0.374 e. The zero-order chi connectivity index (χ0) is 14.5. The van der Waals surface area contributed by atoms with Crippen molar-refractivity contribution in [2.75, 3.05) is 10.6 Å². The van der Waals surface area contributed by atoms with E-state index >= 15 is 0 Å². The standard InChI is InChI=1S/C16H17BrN2O/c1-11-5-3-4-6-15(11)19-16(20)12(2)18-14-9-7-13(17)8-10-14/h3-10,12,18H,1-2H3,(H,19,20)/t12-/m0/s1. The molecule has 104 valence electrons. The maximum Gasteiger partial charge on any atom is 0.246 e. The van der Waals surface area contributed by atoms with E-state index in [1.807, 2.05) is 62.4 Å². The first-order valence-electron chi connectivity index (χ1n) is 6.45. The van der Waals surface area contributed by atoms with Gasteiger partial charge in [-0.15, -0.1) is 0 Å². The van der Waals surface area contributed by atoms with Crippen molar-refractivity contribution in [2.24, 2.45) is 0 Å². The Balaban J connectivity index is 1.99. The molecule has 0 aromatic heterocycles. The summed E-state index contributed by atoms with van der Waals surface area (Å²) in [7, 11) is 0. The molecule has 1 amide bonds. The fraction of sp³-hybridized carbons (Fsp3) is 0.188. The van der Waals surface area contributed by atoms with Crippen LogP contribution in [0.15, 0.2) is 53.0 Å². The molecule has 0 aliphatic carbocycles. The molecule has 0 bridgehead atoms. The van der Waals surface area contributed by atoms with Crippen molar-refractivity contribution in [3.63, 3.8) is 0 Å². The molecule has 2 rings (SSSR count). The van der Waals surface area contributed by atoms with Crippen molar-refractivity contribution in [2.45, 2.75) is 19.9 Å². The molecule has 3 nitrogen and oxygen atoms in total. The van der Waals surface area contributed by atoms with Crippen molar-refractivity contribution in [1.82, 2.24) is 0 Å². The second-order valence-electron chi connectivity index (χ2n) is 4.68. The number of carbonyl (C=O) groups excluding carboxylic acids is 1. The number of amides is 1. The first kappa shape index (κ1) is 14.6. The SMILES string of the molecule is Cc1ccccc1NC(=O)[C@H](C)Nc1ccc(Br)cc1. The van der Waals surface area contributed by atoms with Gasteiger partial charge in [-0.25, -0.2) is 0 Å². The topological polar surface area (TPSA) is 41.1 Å². The summed E-state index contributed by atoms with van der Waals surface area (Å²) < 4.78 is 1.01. The Morgan fingerprint density at radius 3 is 2.40 bits per heavy atom. The molecule has 2 N–H and O–H groups in total. The Bertz CT molecular complexity index is 596. The number of aryl methyl sites for hydroxylation is 1. The van der Waals surface area contributed by atoms with Crippen molar-refractivity contribution in [3.05, 3.63) is 58.6 Å². The van der Waals surface area contributed by atoms with Crippen LogP contribution in [0.3, 0.4) is 0 Å². The highest BCUT2D eigenvalue weighted by molar-refractivity contribution is 9.10. The van der Waals surface area contributed by atoms with E-state index in [0.717, 1.165) is 21.4 Å². The monoisotopic (exact) mass is 332 g/mol. The average molecular weight is 333 g/mol. The van der Waals surface area contributed by atoms with Gasteiger partial charge < -0.3 is 10.6 Å². The summed E-state index contributed by atoms with van der Waals surface area (Å²) in [6, 6.07) is 15.2. The first-order valence-corrected chi connectivity index (χ1v) is 7.24. The molecule has 0 aliphatic heterocycles. The van der Waals surface area contributed by atoms with Gasteiger partial charge in [0.2, 0.25) is 5.91 Å². The zero-order valence-corrected chi connectivity index (χ0v) is 13.1. The summed E-state index contributed by atoms with van der Waals surface area (Å²) in [6.45, 7) is 3.82. The van der Waals surface area contributed by atoms with Gasteiger partial charge in [-0.1, -0.05) is 34.1 Å². The molecular formula is C16H17BrN2O. The Hall–Kier alpha value is -1.81. The highest BCUT2D eigenvalue weighted by Gasteiger charge is 2.13. The molecule has 2 aromatic rings. The van der Waals surface area contributed by atoms with E-state index in [1.165, 1.54) is 0 Å². The lowest BCUT2D eigenvalue weighted by Crippen LogP contribution is -2.32. The summed E-state index contributed by atoms with van der Waals surface area (Å²) in [5, 5.41) is 6.11. The normalized spacial score (nSPS) is 11.8. The van der Waals surface area contributed by atoms with Crippen molar-refractivity contribution in [3.8, 4) is 0 Å². The van der Waals surface area contributed by atoms with Crippen LogP contribution in [0.5, 0.6) is 0 Å². The number of hydrogen-bond acceptors (Lipinski definition) is 2. The first-order chi connectivity index (χ1) is 9.56. The molecule has 0 spiro atoms. The van der Waals surface area contributed by atoms with E-state index in [-0.39, 0.29) is 11.9 Å². The number of halogens is 1. The average Bonchev–Trinajstić information content (AvgIpc) is 2.44. The van der Waals surface area contributed by atoms with Gasteiger partial charge in [0, 0.05) is 15.8 Å². The molecule has 0 unspecified atom stereocenters. The van der Waals surface area contributed by atoms with Gasteiger partial charge in [0.1, 0.15) is 6.04 Å². The van der Waals surface area contributed by atoms with E-state index in [9.17, 15) is 4.79 Å². The fourth-order valence-corrected chi connectivity index (χ4v) is 2.08. The zero-order valence-electron chi connectivity index (χ0n) is 11.5. The Morgan fingerprint density at radius 2 is 1.75 bits per heavy atom. The third-order valence-electron chi connectivity index (χ3n) is 3.02. The number of carbonyl (C=O) groups is 1. The van der Waals surface area contributed by atoms with E-state index in [1.54, 1.807) is 0 Å². The lowest BCUT2D eigenvalue weighted by atomic mass is 10.2. The van der Waals surface area contributed by atoms with Gasteiger partial charge in [-0.2, -0.15) is 0 Å². The summed E-state index contributed by atoms with van der Waals surface area (Å²) >= 11 is 3.39. The molecule has 0 heterocycles. The van der Waals surface area contributed by atoms with Crippen molar-refractivity contribution in [1.29, 1.82) is 0 Å². The van der Waals surface area contributed by atoms with Crippen LogP contribution in [0.1, 0.15) is 12.5 Å². The maximum atomic E-state index is 12.2. The number of benzene rings is 2. The van der Waals surface area contributed by atoms with Crippen LogP contribution in [0.4, 0.5) is 11.4 Å². The molecule has 0 aliphatic rings. The van der Waals surface area contributed by atoms with Gasteiger partial charge in [-0.05, 0) is 49.7 Å². The van der Waals surface area contributed by atoms with Crippen LogP contribution >= 0.6 is 15.9 Å². The third kappa shape index (κ3) is 3.84. The molecule has 2 aromatic carbocycles. The summed E-state index contributed by atoms with van der Waals surface area (Å²) in [5.74, 6) is -0.0535. The minimum absolute atomic E-state index is 0.0535. The number of nitrogens with one attached hydrogen (secondary N) is 2. The molecule has 0 saturated heterocycles. The van der Waals surface area contributed by atoms with Crippen molar-refractivity contribution >= 4 is 33.2 Å². The summed E-state index contributed by atoms with van der Waals surface area (Å²) in [4.78, 5) is 12.2. The fourth-order valence-electron chi connectivity index (χ4n) is 1.82. The summed E-state index contributed by atoms with van der Waals surface area (Å²) in [5.41, 5.74) is 2.82. The molecule has 0 saturated carbocycles. The minimum Gasteiger partial charge on any atom is -0.374 e. The van der Waals surface area contributed by atoms with Gasteiger partial charge >= 0.3 is 0 Å². The van der Waals surface area contributed by atoms with Crippen LogP contribution in [-0.2, 0) is 4.79 Å². The second kappa shape index (κ2) is 6.57. The number of hydrogen-bond donors (Lipinski definition) is 2. The smallest absolute Gasteiger partial charge is 0.246 e. The van der Waals surface area contributed by atoms with Crippen LogP contribution in [-0.4, -0.2) is 11.9 Å². The number of rotatable bonds is 4. The summed E-state index contributed by atoms with van der Waals surface area (Å²) in [6.07, 6.45) is 0.